The molecule has 0 saturated carbocycles. The molecule has 0 aliphatic carbocycles. The minimum atomic E-state index is -0.334. The van der Waals surface area contributed by atoms with Gasteiger partial charge in [-0.25, -0.2) is 0 Å². The third-order valence-corrected chi connectivity index (χ3v) is 4.40. The van der Waals surface area contributed by atoms with E-state index in [2.05, 4.69) is 0 Å². The second kappa shape index (κ2) is 6.26. The number of benzene rings is 2. The molecule has 0 heterocycles. The fraction of sp³-hybridized carbons (Fsp3) is 0.250. The number of hydrogen-bond acceptors (Lipinski definition) is 1. The first kappa shape index (κ1) is 15.5. The predicted molar refractivity (Wildman–Crippen MR) is 86.6 cm³/mol. The van der Waals surface area contributed by atoms with Crippen LogP contribution in [0.25, 0.3) is 0 Å². The van der Waals surface area contributed by atoms with Crippen molar-refractivity contribution in [1.82, 2.24) is 0 Å². The van der Waals surface area contributed by atoms with E-state index in [4.69, 9.17) is 39.5 Å². The van der Waals surface area contributed by atoms with E-state index in [9.17, 15) is 0 Å². The van der Waals surface area contributed by atoms with Crippen LogP contribution in [0.5, 0.6) is 5.75 Å². The van der Waals surface area contributed by atoms with Crippen LogP contribution >= 0.6 is 34.8 Å². The number of alkyl halides is 1. The summed E-state index contributed by atoms with van der Waals surface area (Å²) in [6.07, 6.45) is 0. The van der Waals surface area contributed by atoms with E-state index in [1.807, 2.05) is 38.1 Å². The molecule has 0 amide bonds. The minimum Gasteiger partial charge on any atom is -0.496 e. The molecule has 2 aromatic rings. The highest BCUT2D eigenvalue weighted by molar-refractivity contribution is 6.31. The van der Waals surface area contributed by atoms with Crippen LogP contribution < -0.4 is 4.74 Å². The van der Waals surface area contributed by atoms with Crippen molar-refractivity contribution in [2.24, 2.45) is 0 Å². The van der Waals surface area contributed by atoms with Gasteiger partial charge in [0.15, 0.2) is 0 Å². The molecule has 0 radical (unpaired) electrons. The summed E-state index contributed by atoms with van der Waals surface area (Å²) in [5, 5.41) is 1.04. The van der Waals surface area contributed by atoms with Gasteiger partial charge in [0.25, 0.3) is 0 Å². The fourth-order valence-corrected chi connectivity index (χ4v) is 2.95. The van der Waals surface area contributed by atoms with E-state index in [0.29, 0.717) is 5.02 Å². The standard InChI is InChI=1S/C16H15Cl3O/c1-9-7-14(18)10(2)6-12(9)16(19)13-8-11(17)4-5-15(13)20-3/h4-8,16H,1-3H3. The second-order valence-electron chi connectivity index (χ2n) is 4.71. The maximum atomic E-state index is 6.64. The van der Waals surface area contributed by atoms with Crippen LogP contribution in [0.3, 0.4) is 0 Å². The molecule has 4 heteroatoms. The maximum absolute atomic E-state index is 6.64. The van der Waals surface area contributed by atoms with Gasteiger partial charge < -0.3 is 4.74 Å². The molecule has 1 unspecified atom stereocenters. The summed E-state index contributed by atoms with van der Waals surface area (Å²) in [7, 11) is 1.62. The first-order chi connectivity index (χ1) is 9.43. The molecule has 2 aromatic carbocycles. The van der Waals surface area contributed by atoms with Crippen molar-refractivity contribution in [2.45, 2.75) is 19.2 Å². The summed E-state index contributed by atoms with van der Waals surface area (Å²) in [4.78, 5) is 0. The highest BCUT2D eigenvalue weighted by Crippen LogP contribution is 2.39. The van der Waals surface area contributed by atoms with Crippen molar-refractivity contribution in [1.29, 1.82) is 0 Å². The lowest BCUT2D eigenvalue weighted by Crippen LogP contribution is -2.00. The normalized spacial score (nSPS) is 12.3. The van der Waals surface area contributed by atoms with Gasteiger partial charge in [0.05, 0.1) is 12.5 Å². The predicted octanol–water partition coefficient (Wildman–Crippen LogP) is 5.95. The molecule has 0 N–H and O–H groups in total. The first-order valence-electron chi connectivity index (χ1n) is 6.18. The van der Waals surface area contributed by atoms with Gasteiger partial charge in [-0.1, -0.05) is 29.3 Å². The van der Waals surface area contributed by atoms with Crippen LogP contribution in [-0.2, 0) is 0 Å². The third-order valence-electron chi connectivity index (χ3n) is 3.29. The zero-order valence-corrected chi connectivity index (χ0v) is 13.8. The van der Waals surface area contributed by atoms with Gasteiger partial charge in [0.2, 0.25) is 0 Å². The number of ether oxygens (including phenoxy) is 1. The van der Waals surface area contributed by atoms with Crippen molar-refractivity contribution in [3.05, 3.63) is 62.6 Å². The van der Waals surface area contributed by atoms with Crippen LogP contribution in [0.4, 0.5) is 0 Å². The highest BCUT2D eigenvalue weighted by atomic mass is 35.5. The molecule has 0 fully saturated rings. The van der Waals surface area contributed by atoms with E-state index in [-0.39, 0.29) is 5.38 Å². The Labute approximate surface area is 134 Å². The lowest BCUT2D eigenvalue weighted by molar-refractivity contribution is 0.410. The zero-order valence-electron chi connectivity index (χ0n) is 11.5. The van der Waals surface area contributed by atoms with Gasteiger partial charge >= 0.3 is 0 Å². The average molecular weight is 330 g/mol. The summed E-state index contributed by atoms with van der Waals surface area (Å²) in [6, 6.07) is 9.38. The highest BCUT2D eigenvalue weighted by Gasteiger charge is 2.19. The molecule has 0 aliphatic rings. The fourth-order valence-electron chi connectivity index (χ4n) is 2.15. The quantitative estimate of drug-likeness (QED) is 0.632. The van der Waals surface area contributed by atoms with Crippen molar-refractivity contribution in [2.75, 3.05) is 7.11 Å². The van der Waals surface area contributed by atoms with Crippen LogP contribution in [0.1, 0.15) is 27.6 Å². The number of methoxy groups -OCH3 is 1. The minimum absolute atomic E-state index is 0.334. The lowest BCUT2D eigenvalue weighted by Gasteiger charge is -2.18. The molecule has 0 aliphatic heterocycles. The van der Waals surface area contributed by atoms with Gasteiger partial charge in [-0.05, 0) is 54.8 Å². The molecule has 2 rings (SSSR count). The van der Waals surface area contributed by atoms with E-state index >= 15 is 0 Å². The number of halogens is 3. The van der Waals surface area contributed by atoms with Crippen LogP contribution in [0, 0.1) is 13.8 Å². The van der Waals surface area contributed by atoms with Gasteiger partial charge in [0, 0.05) is 15.6 Å². The Kier molecular flexibility index (Phi) is 4.85. The van der Waals surface area contributed by atoms with Crippen molar-refractivity contribution in [3.8, 4) is 5.75 Å². The van der Waals surface area contributed by atoms with Crippen LogP contribution in [0.2, 0.25) is 10.0 Å². The van der Waals surface area contributed by atoms with Crippen LogP contribution in [-0.4, -0.2) is 7.11 Å². The largest absolute Gasteiger partial charge is 0.496 e. The Morgan fingerprint density at radius 1 is 0.950 bits per heavy atom. The topological polar surface area (TPSA) is 9.23 Å². The van der Waals surface area contributed by atoms with E-state index in [1.165, 1.54) is 0 Å². The van der Waals surface area contributed by atoms with Crippen molar-refractivity contribution < 1.29 is 4.74 Å². The van der Waals surface area contributed by atoms with Gasteiger partial charge in [-0.2, -0.15) is 0 Å². The second-order valence-corrected chi connectivity index (χ2v) is 5.99. The molecule has 106 valence electrons. The van der Waals surface area contributed by atoms with Gasteiger partial charge in [0.1, 0.15) is 5.75 Å². The SMILES string of the molecule is COc1ccc(Cl)cc1C(Cl)c1cc(C)c(Cl)cc1C. The van der Waals surface area contributed by atoms with Gasteiger partial charge in [-0.3, -0.25) is 0 Å². The number of rotatable bonds is 3. The Hall–Kier alpha value is -0.890. The summed E-state index contributed by atoms with van der Waals surface area (Å²) >= 11 is 18.8. The number of hydrogen-bond donors (Lipinski definition) is 0. The van der Waals surface area contributed by atoms with E-state index < -0.39 is 0 Å². The Morgan fingerprint density at radius 2 is 1.65 bits per heavy atom. The molecule has 0 aromatic heterocycles. The molecular formula is C16H15Cl3O. The third kappa shape index (κ3) is 3.06. The molecule has 0 saturated heterocycles. The molecule has 1 nitrogen and oxygen atoms in total. The smallest absolute Gasteiger partial charge is 0.123 e. The van der Waals surface area contributed by atoms with E-state index in [1.54, 1.807) is 13.2 Å². The lowest BCUT2D eigenvalue weighted by atomic mass is 9.97. The van der Waals surface area contributed by atoms with Crippen LogP contribution in [0.15, 0.2) is 30.3 Å². The number of aryl methyl sites for hydroxylation is 2. The van der Waals surface area contributed by atoms with Crippen molar-refractivity contribution in [3.63, 3.8) is 0 Å². The van der Waals surface area contributed by atoms with Crippen molar-refractivity contribution >= 4 is 34.8 Å². The summed E-state index contributed by atoms with van der Waals surface area (Å²) in [6.45, 7) is 3.96. The average Bonchev–Trinajstić information content (AvgIpc) is 2.42. The zero-order chi connectivity index (χ0) is 14.9. The molecule has 0 spiro atoms. The summed E-state index contributed by atoms with van der Waals surface area (Å²) in [5.41, 5.74) is 3.90. The summed E-state index contributed by atoms with van der Waals surface area (Å²) in [5.74, 6) is 0.724. The summed E-state index contributed by atoms with van der Waals surface area (Å²) < 4.78 is 5.37. The maximum Gasteiger partial charge on any atom is 0.123 e. The first-order valence-corrected chi connectivity index (χ1v) is 7.37. The monoisotopic (exact) mass is 328 g/mol. The molecule has 1 atom stereocenters. The molecule has 20 heavy (non-hydrogen) atoms. The Bertz CT molecular complexity index is 638. The molecule has 0 bridgehead atoms. The van der Waals surface area contributed by atoms with Gasteiger partial charge in [-0.15, -0.1) is 11.6 Å². The Morgan fingerprint density at radius 3 is 2.30 bits per heavy atom. The Balaban J connectivity index is 2.54. The molecular weight excluding hydrogens is 315 g/mol. The van der Waals surface area contributed by atoms with E-state index in [0.717, 1.165) is 33.0 Å².